The van der Waals surface area contributed by atoms with Crippen LogP contribution in [-0.4, -0.2) is 24.1 Å². The van der Waals surface area contributed by atoms with Gasteiger partial charge in [0.15, 0.2) is 11.3 Å². The Hall–Kier alpha value is -4.39. The summed E-state index contributed by atoms with van der Waals surface area (Å²) in [5.41, 5.74) is 4.19. The van der Waals surface area contributed by atoms with E-state index in [2.05, 4.69) is 4.98 Å². The zero-order chi connectivity index (χ0) is 22.4. The second-order valence-corrected chi connectivity index (χ2v) is 7.88. The Balaban J connectivity index is 1.62. The van der Waals surface area contributed by atoms with Gasteiger partial charge < -0.3 is 0 Å². The largest absolute Gasteiger partial charge is 0.298 e. The van der Waals surface area contributed by atoms with Gasteiger partial charge in [0.1, 0.15) is 16.7 Å². The van der Waals surface area contributed by atoms with E-state index in [0.29, 0.717) is 51.9 Å². The van der Waals surface area contributed by atoms with Gasteiger partial charge >= 0.3 is 0 Å². The molecule has 7 heteroatoms. The fourth-order valence-corrected chi connectivity index (χ4v) is 4.19. The molecular formula is C26H18FN5O. The first-order valence-electron chi connectivity index (χ1n) is 10.7. The van der Waals surface area contributed by atoms with Gasteiger partial charge in [0.25, 0.3) is 5.56 Å². The minimum atomic E-state index is -0.382. The van der Waals surface area contributed by atoms with Gasteiger partial charge in [-0.25, -0.2) is 19.3 Å². The predicted molar refractivity (Wildman–Crippen MR) is 126 cm³/mol. The summed E-state index contributed by atoms with van der Waals surface area (Å²) in [6.07, 6.45) is 2.24. The molecule has 0 amide bonds. The molecule has 0 radical (unpaired) electrons. The lowest BCUT2D eigenvalue weighted by Gasteiger charge is -2.08. The molecule has 160 valence electrons. The molecule has 0 unspecified atom stereocenters. The van der Waals surface area contributed by atoms with Crippen LogP contribution in [0.3, 0.4) is 0 Å². The second kappa shape index (κ2) is 7.63. The SMILES string of the molecule is O=c1c2c3nc4ccccc4nc3n(-c3cccc(F)c3)c2ncn1CCc1ccccc1. The van der Waals surface area contributed by atoms with Crippen LogP contribution < -0.4 is 5.56 Å². The lowest BCUT2D eigenvalue weighted by atomic mass is 10.1. The maximum absolute atomic E-state index is 14.1. The van der Waals surface area contributed by atoms with E-state index < -0.39 is 0 Å². The van der Waals surface area contributed by atoms with Crippen molar-refractivity contribution in [2.24, 2.45) is 0 Å². The van der Waals surface area contributed by atoms with E-state index in [-0.39, 0.29) is 11.4 Å². The second-order valence-electron chi connectivity index (χ2n) is 7.88. The van der Waals surface area contributed by atoms with Crippen molar-refractivity contribution in [2.45, 2.75) is 13.0 Å². The Morgan fingerprint density at radius 1 is 0.818 bits per heavy atom. The molecule has 33 heavy (non-hydrogen) atoms. The van der Waals surface area contributed by atoms with Gasteiger partial charge in [0.05, 0.1) is 23.0 Å². The van der Waals surface area contributed by atoms with Crippen molar-refractivity contribution in [1.82, 2.24) is 24.1 Å². The molecule has 6 nitrogen and oxygen atoms in total. The van der Waals surface area contributed by atoms with E-state index in [1.54, 1.807) is 27.6 Å². The zero-order valence-electron chi connectivity index (χ0n) is 17.5. The average Bonchev–Trinajstić information content (AvgIpc) is 3.16. The quantitative estimate of drug-likeness (QED) is 0.404. The number of halogens is 1. The van der Waals surface area contributed by atoms with E-state index in [0.717, 1.165) is 5.56 Å². The van der Waals surface area contributed by atoms with Crippen LogP contribution in [0.15, 0.2) is 90.0 Å². The Morgan fingerprint density at radius 3 is 2.36 bits per heavy atom. The lowest BCUT2D eigenvalue weighted by molar-refractivity contribution is 0.627. The molecule has 3 aromatic heterocycles. The van der Waals surface area contributed by atoms with E-state index in [4.69, 9.17) is 9.97 Å². The monoisotopic (exact) mass is 435 g/mol. The summed E-state index contributed by atoms with van der Waals surface area (Å²) in [6, 6.07) is 23.6. The molecule has 0 atom stereocenters. The Bertz CT molecular complexity index is 1710. The van der Waals surface area contributed by atoms with Crippen molar-refractivity contribution in [2.75, 3.05) is 0 Å². The molecular weight excluding hydrogens is 417 g/mol. The van der Waals surface area contributed by atoms with Crippen molar-refractivity contribution in [3.8, 4) is 5.69 Å². The van der Waals surface area contributed by atoms with Crippen molar-refractivity contribution in [3.05, 3.63) is 107 Å². The standard InChI is InChI=1S/C26H18FN5O/c27-18-9-6-10-19(15-18)32-24-22(23-25(32)30-21-12-5-4-11-20(21)29-23)26(33)31(16-28-24)14-13-17-7-2-1-3-8-17/h1-12,15-16H,13-14H2. The first-order valence-corrected chi connectivity index (χ1v) is 10.7. The number of nitrogens with zero attached hydrogens (tertiary/aromatic N) is 5. The zero-order valence-corrected chi connectivity index (χ0v) is 17.5. The summed E-state index contributed by atoms with van der Waals surface area (Å²) in [7, 11) is 0. The molecule has 3 aromatic carbocycles. The number of rotatable bonds is 4. The molecule has 0 saturated heterocycles. The minimum absolute atomic E-state index is 0.194. The molecule has 0 N–H and O–H groups in total. The number of fused-ring (bicyclic) bond motifs is 4. The van der Waals surface area contributed by atoms with Gasteiger partial charge in [-0.1, -0.05) is 48.5 Å². The molecule has 6 aromatic rings. The molecule has 0 saturated carbocycles. The molecule has 0 spiro atoms. The van der Waals surface area contributed by atoms with Crippen LogP contribution in [-0.2, 0) is 13.0 Å². The summed E-state index contributed by atoms with van der Waals surface area (Å²) in [4.78, 5) is 27.7. The summed E-state index contributed by atoms with van der Waals surface area (Å²) in [5.74, 6) is -0.382. The van der Waals surface area contributed by atoms with Gasteiger partial charge in [0.2, 0.25) is 0 Å². The van der Waals surface area contributed by atoms with E-state index in [1.165, 1.54) is 12.1 Å². The summed E-state index contributed by atoms with van der Waals surface area (Å²) in [6.45, 7) is 0.486. The highest BCUT2D eigenvalue weighted by atomic mass is 19.1. The predicted octanol–water partition coefficient (Wildman–Crippen LogP) is 4.67. The van der Waals surface area contributed by atoms with Gasteiger partial charge in [0, 0.05) is 6.54 Å². The third-order valence-electron chi connectivity index (χ3n) is 5.78. The third kappa shape index (κ3) is 3.25. The topological polar surface area (TPSA) is 65.6 Å². The number of benzene rings is 3. The summed E-state index contributed by atoms with van der Waals surface area (Å²) >= 11 is 0. The number of para-hydroxylation sites is 2. The Kier molecular flexibility index (Phi) is 4.47. The molecule has 6 rings (SSSR count). The summed E-state index contributed by atoms with van der Waals surface area (Å²) in [5, 5.41) is 0.378. The van der Waals surface area contributed by atoms with E-state index in [1.807, 2.05) is 54.6 Å². The van der Waals surface area contributed by atoms with Crippen molar-refractivity contribution in [1.29, 1.82) is 0 Å². The van der Waals surface area contributed by atoms with Gasteiger partial charge in [-0.2, -0.15) is 0 Å². The number of hydrogen-bond acceptors (Lipinski definition) is 4. The van der Waals surface area contributed by atoms with Crippen molar-refractivity contribution < 1.29 is 4.39 Å². The van der Waals surface area contributed by atoms with Crippen LogP contribution >= 0.6 is 0 Å². The van der Waals surface area contributed by atoms with Crippen molar-refractivity contribution >= 4 is 33.2 Å². The highest BCUT2D eigenvalue weighted by molar-refractivity contribution is 6.05. The van der Waals surface area contributed by atoms with Crippen LogP contribution in [0.5, 0.6) is 0 Å². The fraction of sp³-hybridized carbons (Fsp3) is 0.0769. The molecule has 0 aliphatic heterocycles. The third-order valence-corrected chi connectivity index (χ3v) is 5.78. The Morgan fingerprint density at radius 2 is 1.58 bits per heavy atom. The highest BCUT2D eigenvalue weighted by Crippen LogP contribution is 2.28. The highest BCUT2D eigenvalue weighted by Gasteiger charge is 2.21. The van der Waals surface area contributed by atoms with Gasteiger partial charge in [-0.05, 0) is 42.3 Å². The minimum Gasteiger partial charge on any atom is -0.298 e. The maximum atomic E-state index is 14.1. The number of aromatic nitrogens is 5. The van der Waals surface area contributed by atoms with Crippen LogP contribution in [0.1, 0.15) is 5.56 Å². The van der Waals surface area contributed by atoms with Crippen LogP contribution in [0.25, 0.3) is 38.9 Å². The fourth-order valence-electron chi connectivity index (χ4n) is 4.19. The maximum Gasteiger partial charge on any atom is 0.265 e. The van der Waals surface area contributed by atoms with E-state index in [9.17, 15) is 9.18 Å². The normalized spacial score (nSPS) is 11.5. The number of hydrogen-bond donors (Lipinski definition) is 0. The molecule has 0 aliphatic carbocycles. The van der Waals surface area contributed by atoms with Crippen molar-refractivity contribution in [3.63, 3.8) is 0 Å². The lowest BCUT2D eigenvalue weighted by Crippen LogP contribution is -2.21. The average molecular weight is 435 g/mol. The van der Waals surface area contributed by atoms with Crippen LogP contribution in [0.2, 0.25) is 0 Å². The van der Waals surface area contributed by atoms with Crippen LogP contribution in [0.4, 0.5) is 4.39 Å². The first-order chi connectivity index (χ1) is 16.2. The smallest absolute Gasteiger partial charge is 0.265 e. The summed E-state index contributed by atoms with van der Waals surface area (Å²) < 4.78 is 17.4. The van der Waals surface area contributed by atoms with Gasteiger partial charge in [-0.3, -0.25) is 13.9 Å². The number of aryl methyl sites for hydroxylation is 2. The molecule has 0 aliphatic rings. The first kappa shape index (κ1) is 19.3. The van der Waals surface area contributed by atoms with E-state index >= 15 is 0 Å². The van der Waals surface area contributed by atoms with Crippen LogP contribution in [0, 0.1) is 5.82 Å². The molecule has 0 bridgehead atoms. The molecule has 3 heterocycles. The van der Waals surface area contributed by atoms with Gasteiger partial charge in [-0.15, -0.1) is 0 Å². The Labute approximate surface area is 187 Å². The molecule has 0 fully saturated rings.